The van der Waals surface area contributed by atoms with Gasteiger partial charge in [0, 0.05) is 17.8 Å². The van der Waals surface area contributed by atoms with Gasteiger partial charge in [0.25, 0.3) is 0 Å². The lowest BCUT2D eigenvalue weighted by Gasteiger charge is -2.10. The summed E-state index contributed by atoms with van der Waals surface area (Å²) in [7, 11) is 0. The van der Waals surface area contributed by atoms with Crippen molar-refractivity contribution in [3.63, 3.8) is 0 Å². The molecule has 0 saturated heterocycles. The van der Waals surface area contributed by atoms with E-state index < -0.39 is 0 Å². The number of aryl methyl sites for hydroxylation is 1. The smallest absolute Gasteiger partial charge is 0.224 e. The van der Waals surface area contributed by atoms with Crippen LogP contribution in [0, 0.1) is 13.8 Å². The van der Waals surface area contributed by atoms with Crippen molar-refractivity contribution in [3.05, 3.63) is 16.5 Å². The minimum absolute atomic E-state index is 0.0392. The Labute approximate surface area is 99.8 Å². The zero-order chi connectivity index (χ0) is 12.0. The van der Waals surface area contributed by atoms with Gasteiger partial charge in [-0.3, -0.25) is 0 Å². The van der Waals surface area contributed by atoms with Crippen molar-refractivity contribution in [3.8, 4) is 0 Å². The number of rotatable bonds is 6. The molecule has 1 rings (SSSR count). The molecule has 0 saturated carbocycles. The number of aliphatic hydroxyl groups is 1. The normalized spacial score (nSPS) is 10.5. The molecule has 6 heteroatoms. The predicted octanol–water partition coefficient (Wildman–Crippen LogP) is 1.17. The van der Waals surface area contributed by atoms with Crippen LogP contribution in [0.4, 0.5) is 5.82 Å². The Kier molecular flexibility index (Phi) is 5.45. The van der Waals surface area contributed by atoms with Gasteiger partial charge in [0.15, 0.2) is 0 Å². The van der Waals surface area contributed by atoms with E-state index in [4.69, 9.17) is 21.4 Å². The molecule has 0 amide bonds. The molecule has 2 N–H and O–H groups in total. The second kappa shape index (κ2) is 6.62. The number of nitrogens with one attached hydrogen (secondary N) is 1. The molecule has 1 heterocycles. The first-order valence-electron chi connectivity index (χ1n) is 5.08. The van der Waals surface area contributed by atoms with Crippen LogP contribution in [0.3, 0.4) is 0 Å². The molecular formula is C10H16ClN3O2. The number of hydrogen-bond acceptors (Lipinski definition) is 5. The van der Waals surface area contributed by atoms with Crippen LogP contribution in [0.5, 0.6) is 0 Å². The molecule has 0 aliphatic heterocycles. The fourth-order valence-electron chi connectivity index (χ4n) is 1.18. The molecule has 0 atom stereocenters. The van der Waals surface area contributed by atoms with E-state index in [2.05, 4.69) is 15.3 Å². The second-order valence-corrected chi connectivity index (χ2v) is 3.65. The quantitative estimate of drug-likeness (QED) is 0.582. The third-order valence-electron chi connectivity index (χ3n) is 2.14. The molecule has 0 spiro atoms. The van der Waals surface area contributed by atoms with E-state index in [-0.39, 0.29) is 11.9 Å². The summed E-state index contributed by atoms with van der Waals surface area (Å²) in [5, 5.41) is 11.9. The molecule has 0 bridgehead atoms. The first-order valence-corrected chi connectivity index (χ1v) is 5.46. The molecule has 1 aromatic heterocycles. The summed E-state index contributed by atoms with van der Waals surface area (Å²) in [4.78, 5) is 8.13. The fraction of sp³-hybridized carbons (Fsp3) is 0.600. The van der Waals surface area contributed by atoms with E-state index in [1.807, 2.05) is 13.8 Å². The van der Waals surface area contributed by atoms with E-state index in [1.165, 1.54) is 0 Å². The molecule has 0 unspecified atom stereocenters. The minimum atomic E-state index is 0.0392. The van der Waals surface area contributed by atoms with Gasteiger partial charge in [0.2, 0.25) is 5.28 Å². The highest BCUT2D eigenvalue weighted by Gasteiger charge is 2.05. The van der Waals surface area contributed by atoms with Gasteiger partial charge in [0.05, 0.1) is 19.8 Å². The maximum absolute atomic E-state index is 8.52. The number of nitrogens with zero attached hydrogens (tertiary/aromatic N) is 2. The Morgan fingerprint density at radius 1 is 1.31 bits per heavy atom. The van der Waals surface area contributed by atoms with Crippen LogP contribution >= 0.6 is 11.6 Å². The third-order valence-corrected chi connectivity index (χ3v) is 2.31. The predicted molar refractivity (Wildman–Crippen MR) is 62.9 cm³/mol. The maximum atomic E-state index is 8.52. The summed E-state index contributed by atoms with van der Waals surface area (Å²) >= 11 is 5.76. The Morgan fingerprint density at radius 3 is 2.75 bits per heavy atom. The largest absolute Gasteiger partial charge is 0.394 e. The lowest BCUT2D eigenvalue weighted by atomic mass is 10.2. The molecule has 0 fully saturated rings. The number of ether oxygens (including phenoxy) is 1. The fourth-order valence-corrected chi connectivity index (χ4v) is 1.39. The molecule has 90 valence electrons. The van der Waals surface area contributed by atoms with Crippen molar-refractivity contribution in [1.82, 2.24) is 9.97 Å². The highest BCUT2D eigenvalue weighted by molar-refractivity contribution is 6.28. The summed E-state index contributed by atoms with van der Waals surface area (Å²) in [5.74, 6) is 0.727. The Hall–Kier alpha value is -0.910. The number of hydrogen-bond donors (Lipinski definition) is 2. The van der Waals surface area contributed by atoms with Crippen molar-refractivity contribution in [1.29, 1.82) is 0 Å². The summed E-state index contributed by atoms with van der Waals surface area (Å²) in [6.45, 7) is 5.34. The van der Waals surface area contributed by atoms with Gasteiger partial charge in [-0.25, -0.2) is 9.97 Å². The van der Waals surface area contributed by atoms with Crippen LogP contribution in [0.15, 0.2) is 0 Å². The summed E-state index contributed by atoms with van der Waals surface area (Å²) in [5.41, 5.74) is 1.84. The van der Waals surface area contributed by atoms with E-state index >= 15 is 0 Å². The van der Waals surface area contributed by atoms with E-state index in [1.54, 1.807) is 0 Å². The number of halogens is 1. The molecule has 1 aromatic rings. The first-order chi connectivity index (χ1) is 7.65. The summed E-state index contributed by atoms with van der Waals surface area (Å²) in [6, 6.07) is 0. The lowest BCUT2D eigenvalue weighted by Crippen LogP contribution is -2.13. The number of aliphatic hydroxyl groups excluding tert-OH is 1. The standard InChI is InChI=1S/C10H16ClN3O2/c1-7-8(2)13-10(11)14-9(7)12-3-5-16-6-4-15/h15H,3-6H2,1-2H3,(H,12,13,14). The maximum Gasteiger partial charge on any atom is 0.224 e. The monoisotopic (exact) mass is 245 g/mol. The lowest BCUT2D eigenvalue weighted by molar-refractivity contribution is 0.0992. The van der Waals surface area contributed by atoms with Crippen LogP contribution in [0.1, 0.15) is 11.3 Å². The minimum Gasteiger partial charge on any atom is -0.394 e. The Bertz CT molecular complexity index is 347. The van der Waals surface area contributed by atoms with Crippen LogP contribution in [0.25, 0.3) is 0 Å². The van der Waals surface area contributed by atoms with Gasteiger partial charge in [-0.1, -0.05) is 0 Å². The average Bonchev–Trinajstić information content (AvgIpc) is 2.24. The summed E-state index contributed by atoms with van der Waals surface area (Å²) in [6.07, 6.45) is 0. The molecule has 0 aliphatic rings. The van der Waals surface area contributed by atoms with Crippen molar-refractivity contribution in [2.75, 3.05) is 31.7 Å². The second-order valence-electron chi connectivity index (χ2n) is 3.31. The first kappa shape index (κ1) is 13.2. The molecule has 0 aliphatic carbocycles. The van der Waals surface area contributed by atoms with E-state index in [0.717, 1.165) is 17.1 Å². The summed E-state index contributed by atoms with van der Waals surface area (Å²) < 4.78 is 5.12. The van der Waals surface area contributed by atoms with Gasteiger partial charge in [-0.05, 0) is 25.4 Å². The van der Waals surface area contributed by atoms with Crippen LogP contribution in [-0.2, 0) is 4.74 Å². The van der Waals surface area contributed by atoms with E-state index in [0.29, 0.717) is 19.8 Å². The zero-order valence-corrected chi connectivity index (χ0v) is 10.2. The van der Waals surface area contributed by atoms with E-state index in [9.17, 15) is 0 Å². The molecule has 0 radical (unpaired) electrons. The Morgan fingerprint density at radius 2 is 2.06 bits per heavy atom. The van der Waals surface area contributed by atoms with Crippen molar-refractivity contribution in [2.24, 2.45) is 0 Å². The SMILES string of the molecule is Cc1nc(Cl)nc(NCCOCCO)c1C. The number of anilines is 1. The molecule has 5 nitrogen and oxygen atoms in total. The highest BCUT2D eigenvalue weighted by Crippen LogP contribution is 2.16. The van der Waals surface area contributed by atoms with Gasteiger partial charge >= 0.3 is 0 Å². The Balaban J connectivity index is 2.47. The van der Waals surface area contributed by atoms with Crippen molar-refractivity contribution < 1.29 is 9.84 Å². The third kappa shape index (κ3) is 3.92. The van der Waals surface area contributed by atoms with Crippen LogP contribution in [0.2, 0.25) is 5.28 Å². The topological polar surface area (TPSA) is 67.3 Å². The molecule has 16 heavy (non-hydrogen) atoms. The zero-order valence-electron chi connectivity index (χ0n) is 9.46. The van der Waals surface area contributed by atoms with Crippen LogP contribution < -0.4 is 5.32 Å². The van der Waals surface area contributed by atoms with Gasteiger partial charge < -0.3 is 15.2 Å². The van der Waals surface area contributed by atoms with Gasteiger partial charge in [-0.2, -0.15) is 0 Å². The van der Waals surface area contributed by atoms with Gasteiger partial charge in [-0.15, -0.1) is 0 Å². The van der Waals surface area contributed by atoms with Crippen molar-refractivity contribution in [2.45, 2.75) is 13.8 Å². The highest BCUT2D eigenvalue weighted by atomic mass is 35.5. The van der Waals surface area contributed by atoms with Gasteiger partial charge in [0.1, 0.15) is 5.82 Å². The number of aromatic nitrogens is 2. The van der Waals surface area contributed by atoms with Crippen LogP contribution in [-0.4, -0.2) is 41.4 Å². The molecule has 0 aromatic carbocycles. The van der Waals surface area contributed by atoms with Crippen molar-refractivity contribution >= 4 is 17.4 Å². The molecular weight excluding hydrogens is 230 g/mol. The average molecular weight is 246 g/mol.